The van der Waals surface area contributed by atoms with Crippen molar-refractivity contribution in [3.05, 3.63) is 15.6 Å². The summed E-state index contributed by atoms with van der Waals surface area (Å²) in [6, 6.07) is 0. The molecular formula is C15H27N3S. The van der Waals surface area contributed by atoms with Crippen LogP contribution in [0.25, 0.3) is 0 Å². The zero-order valence-electron chi connectivity index (χ0n) is 12.4. The summed E-state index contributed by atoms with van der Waals surface area (Å²) < 4.78 is 0. The molecule has 0 radical (unpaired) electrons. The molecule has 1 N–H and O–H groups in total. The van der Waals surface area contributed by atoms with Crippen molar-refractivity contribution in [1.29, 1.82) is 0 Å². The highest BCUT2D eigenvalue weighted by atomic mass is 32.1. The van der Waals surface area contributed by atoms with Crippen LogP contribution in [0.2, 0.25) is 0 Å². The first-order valence-electron chi connectivity index (χ1n) is 7.74. The van der Waals surface area contributed by atoms with E-state index in [2.05, 4.69) is 24.1 Å². The molecule has 4 heteroatoms. The standard InChI is InChI=1S/C15H27N3S/c1-3-7-13-14(12-16-4-2)19-15(17-13)8-11-18-9-5-6-10-18/h16H,3-12H2,1-2H3. The van der Waals surface area contributed by atoms with Crippen LogP contribution in [0.3, 0.4) is 0 Å². The smallest absolute Gasteiger partial charge is 0.0944 e. The van der Waals surface area contributed by atoms with Crippen LogP contribution < -0.4 is 5.32 Å². The SMILES string of the molecule is CCCc1nc(CCN2CCCC2)sc1CNCC. The molecule has 1 aromatic heterocycles. The molecule has 108 valence electrons. The third-order valence-corrected chi connectivity index (χ3v) is 4.84. The summed E-state index contributed by atoms with van der Waals surface area (Å²) in [5, 5.41) is 4.77. The van der Waals surface area contributed by atoms with E-state index >= 15 is 0 Å². The molecule has 0 saturated carbocycles. The van der Waals surface area contributed by atoms with Crippen molar-refractivity contribution >= 4 is 11.3 Å². The van der Waals surface area contributed by atoms with Crippen LogP contribution in [-0.2, 0) is 19.4 Å². The summed E-state index contributed by atoms with van der Waals surface area (Å²) in [7, 11) is 0. The van der Waals surface area contributed by atoms with Gasteiger partial charge in [0.15, 0.2) is 0 Å². The lowest BCUT2D eigenvalue weighted by Gasteiger charge is -2.12. The average molecular weight is 281 g/mol. The normalized spacial score (nSPS) is 16.3. The summed E-state index contributed by atoms with van der Waals surface area (Å²) in [5.41, 5.74) is 1.34. The highest BCUT2D eigenvalue weighted by molar-refractivity contribution is 7.11. The van der Waals surface area contributed by atoms with Crippen LogP contribution >= 0.6 is 11.3 Å². The predicted molar refractivity (Wildman–Crippen MR) is 82.9 cm³/mol. The Morgan fingerprint density at radius 1 is 1.21 bits per heavy atom. The first kappa shape index (κ1) is 14.9. The molecule has 1 aliphatic heterocycles. The minimum absolute atomic E-state index is 0.993. The van der Waals surface area contributed by atoms with Crippen molar-refractivity contribution in [2.45, 2.75) is 52.5 Å². The van der Waals surface area contributed by atoms with Crippen LogP contribution in [0.15, 0.2) is 0 Å². The molecule has 1 aliphatic rings. The predicted octanol–water partition coefficient (Wildman–Crippen LogP) is 2.84. The number of aryl methyl sites for hydroxylation is 1. The Bertz CT molecular complexity index is 369. The molecule has 1 fully saturated rings. The number of thiazole rings is 1. The number of nitrogens with zero attached hydrogens (tertiary/aromatic N) is 2. The second kappa shape index (κ2) is 7.98. The van der Waals surface area contributed by atoms with Gasteiger partial charge in [-0.1, -0.05) is 20.3 Å². The van der Waals surface area contributed by atoms with Gasteiger partial charge >= 0.3 is 0 Å². The maximum atomic E-state index is 4.87. The lowest BCUT2D eigenvalue weighted by molar-refractivity contribution is 0.343. The van der Waals surface area contributed by atoms with Crippen LogP contribution in [0.1, 0.15) is 48.7 Å². The van der Waals surface area contributed by atoms with Crippen LogP contribution in [0, 0.1) is 0 Å². The van der Waals surface area contributed by atoms with E-state index in [1.807, 2.05) is 11.3 Å². The quantitative estimate of drug-likeness (QED) is 0.794. The lowest BCUT2D eigenvalue weighted by Crippen LogP contribution is -2.21. The van der Waals surface area contributed by atoms with E-state index in [4.69, 9.17) is 4.98 Å². The van der Waals surface area contributed by atoms with Crippen molar-refractivity contribution in [2.24, 2.45) is 0 Å². The fourth-order valence-corrected chi connectivity index (χ4v) is 3.69. The van der Waals surface area contributed by atoms with Crippen LogP contribution in [-0.4, -0.2) is 36.1 Å². The minimum Gasteiger partial charge on any atom is -0.312 e. The van der Waals surface area contributed by atoms with E-state index in [-0.39, 0.29) is 0 Å². The third kappa shape index (κ3) is 4.55. The van der Waals surface area contributed by atoms with Crippen molar-refractivity contribution in [2.75, 3.05) is 26.2 Å². The van der Waals surface area contributed by atoms with Crippen molar-refractivity contribution in [3.63, 3.8) is 0 Å². The fourth-order valence-electron chi connectivity index (χ4n) is 2.61. The number of hydrogen-bond donors (Lipinski definition) is 1. The van der Waals surface area contributed by atoms with E-state index in [9.17, 15) is 0 Å². The van der Waals surface area contributed by atoms with Crippen LogP contribution in [0.4, 0.5) is 0 Å². The van der Waals surface area contributed by atoms with Gasteiger partial charge in [0.1, 0.15) is 0 Å². The zero-order chi connectivity index (χ0) is 13.5. The summed E-state index contributed by atoms with van der Waals surface area (Å²) >= 11 is 1.92. The first-order chi connectivity index (χ1) is 9.33. The van der Waals surface area contributed by atoms with Gasteiger partial charge in [0, 0.05) is 24.4 Å². The second-order valence-corrected chi connectivity index (χ2v) is 6.47. The van der Waals surface area contributed by atoms with Gasteiger partial charge in [-0.25, -0.2) is 4.98 Å². The Hall–Kier alpha value is -0.450. The highest BCUT2D eigenvalue weighted by Crippen LogP contribution is 2.21. The minimum atomic E-state index is 0.993. The zero-order valence-corrected chi connectivity index (χ0v) is 13.2. The van der Waals surface area contributed by atoms with Gasteiger partial charge < -0.3 is 10.2 Å². The maximum Gasteiger partial charge on any atom is 0.0944 e. The molecule has 1 saturated heterocycles. The second-order valence-electron chi connectivity index (χ2n) is 5.31. The topological polar surface area (TPSA) is 28.2 Å². The molecule has 19 heavy (non-hydrogen) atoms. The van der Waals surface area contributed by atoms with Crippen molar-refractivity contribution in [1.82, 2.24) is 15.2 Å². The molecule has 0 unspecified atom stereocenters. The number of rotatable bonds is 8. The lowest BCUT2D eigenvalue weighted by atomic mass is 10.2. The Kier molecular flexibility index (Phi) is 6.28. The summed E-state index contributed by atoms with van der Waals surface area (Å²) in [6.45, 7) is 10.2. The average Bonchev–Trinajstić information content (AvgIpc) is 3.04. The van der Waals surface area contributed by atoms with Gasteiger partial charge in [0.05, 0.1) is 10.7 Å². The molecule has 0 aliphatic carbocycles. The van der Waals surface area contributed by atoms with E-state index < -0.39 is 0 Å². The third-order valence-electron chi connectivity index (χ3n) is 3.69. The first-order valence-corrected chi connectivity index (χ1v) is 8.55. The fraction of sp³-hybridized carbons (Fsp3) is 0.800. The Labute approximate surface area is 121 Å². The maximum absolute atomic E-state index is 4.87. The van der Waals surface area contributed by atoms with Crippen molar-refractivity contribution < 1.29 is 0 Å². The van der Waals surface area contributed by atoms with Gasteiger partial charge in [0.25, 0.3) is 0 Å². The van der Waals surface area contributed by atoms with E-state index in [1.54, 1.807) is 0 Å². The highest BCUT2D eigenvalue weighted by Gasteiger charge is 2.14. The monoisotopic (exact) mass is 281 g/mol. The van der Waals surface area contributed by atoms with E-state index in [0.717, 1.165) is 25.9 Å². The van der Waals surface area contributed by atoms with E-state index in [0.29, 0.717) is 0 Å². The van der Waals surface area contributed by atoms with Gasteiger partial charge in [-0.05, 0) is 38.9 Å². The Morgan fingerprint density at radius 2 is 2.00 bits per heavy atom. The summed E-state index contributed by atoms with van der Waals surface area (Å²) in [6.07, 6.45) is 6.21. The number of aromatic nitrogens is 1. The summed E-state index contributed by atoms with van der Waals surface area (Å²) in [4.78, 5) is 8.90. The largest absolute Gasteiger partial charge is 0.312 e. The van der Waals surface area contributed by atoms with E-state index in [1.165, 1.54) is 54.5 Å². The summed E-state index contributed by atoms with van der Waals surface area (Å²) in [5.74, 6) is 0. The van der Waals surface area contributed by atoms with Gasteiger partial charge in [-0.15, -0.1) is 11.3 Å². The van der Waals surface area contributed by atoms with Crippen molar-refractivity contribution in [3.8, 4) is 0 Å². The van der Waals surface area contributed by atoms with Gasteiger partial charge in [-0.3, -0.25) is 0 Å². The molecule has 2 heterocycles. The molecule has 0 amide bonds. The molecule has 1 aromatic rings. The molecule has 0 atom stereocenters. The molecule has 0 aromatic carbocycles. The molecule has 3 nitrogen and oxygen atoms in total. The Balaban J connectivity index is 1.91. The molecule has 0 bridgehead atoms. The van der Waals surface area contributed by atoms with Gasteiger partial charge in [0.2, 0.25) is 0 Å². The number of hydrogen-bond acceptors (Lipinski definition) is 4. The Morgan fingerprint density at radius 3 is 2.68 bits per heavy atom. The van der Waals surface area contributed by atoms with Gasteiger partial charge in [-0.2, -0.15) is 0 Å². The molecule has 2 rings (SSSR count). The molecule has 0 spiro atoms. The number of likely N-dealkylation sites (tertiary alicyclic amines) is 1. The van der Waals surface area contributed by atoms with Crippen LogP contribution in [0.5, 0.6) is 0 Å². The number of nitrogens with one attached hydrogen (secondary N) is 1. The molecular weight excluding hydrogens is 254 g/mol.